The Bertz CT molecular complexity index is 624. The van der Waals surface area contributed by atoms with Crippen molar-refractivity contribution in [3.05, 3.63) is 41.5 Å². The minimum atomic E-state index is -0.156. The summed E-state index contributed by atoms with van der Waals surface area (Å²) in [6, 6.07) is 5.99. The molecule has 1 N–H and O–H groups in total. The SMILES string of the molecule is O=C1[C@H]2CC=CC[C@H]2C(=O)N1c1ccc2c(c1)CNCC2. The van der Waals surface area contributed by atoms with Crippen LogP contribution in [-0.2, 0) is 22.6 Å². The molecule has 1 saturated heterocycles. The van der Waals surface area contributed by atoms with Gasteiger partial charge in [-0.1, -0.05) is 18.2 Å². The number of rotatable bonds is 1. The van der Waals surface area contributed by atoms with Crippen LogP contribution in [0.4, 0.5) is 5.69 Å². The van der Waals surface area contributed by atoms with E-state index in [-0.39, 0.29) is 23.7 Å². The average molecular weight is 282 g/mol. The molecule has 0 spiro atoms. The Morgan fingerprint density at radius 2 is 1.71 bits per heavy atom. The molecule has 0 bridgehead atoms. The van der Waals surface area contributed by atoms with Crippen LogP contribution < -0.4 is 10.2 Å². The summed E-state index contributed by atoms with van der Waals surface area (Å²) in [7, 11) is 0. The van der Waals surface area contributed by atoms with Crippen molar-refractivity contribution in [2.24, 2.45) is 11.8 Å². The Morgan fingerprint density at radius 1 is 1.00 bits per heavy atom. The standard InChI is InChI=1S/C17H18N2O2/c20-16-14-3-1-2-4-15(14)17(21)19(16)13-6-5-11-7-8-18-10-12(11)9-13/h1-2,5-6,9,14-15,18H,3-4,7-8,10H2/t14-,15+. The summed E-state index contributed by atoms with van der Waals surface area (Å²) in [5, 5.41) is 3.33. The van der Waals surface area contributed by atoms with Gasteiger partial charge in [0.15, 0.2) is 0 Å². The molecule has 3 aliphatic rings. The smallest absolute Gasteiger partial charge is 0.238 e. The summed E-state index contributed by atoms with van der Waals surface area (Å²) in [6.45, 7) is 1.80. The van der Waals surface area contributed by atoms with Gasteiger partial charge >= 0.3 is 0 Å². The molecule has 0 saturated carbocycles. The van der Waals surface area contributed by atoms with E-state index in [2.05, 4.69) is 11.4 Å². The van der Waals surface area contributed by atoms with Gasteiger partial charge in [0.05, 0.1) is 17.5 Å². The van der Waals surface area contributed by atoms with Crippen LogP contribution >= 0.6 is 0 Å². The summed E-state index contributed by atoms with van der Waals surface area (Å²) >= 11 is 0. The zero-order valence-electron chi connectivity index (χ0n) is 11.8. The molecule has 4 rings (SSSR count). The van der Waals surface area contributed by atoms with Gasteiger partial charge in [0.1, 0.15) is 0 Å². The lowest BCUT2D eigenvalue weighted by molar-refractivity contribution is -0.122. The van der Waals surface area contributed by atoms with E-state index in [4.69, 9.17) is 0 Å². The molecule has 21 heavy (non-hydrogen) atoms. The summed E-state index contributed by atoms with van der Waals surface area (Å²) in [6.07, 6.45) is 6.43. The molecular weight excluding hydrogens is 264 g/mol. The number of nitrogens with zero attached hydrogens (tertiary/aromatic N) is 1. The number of carbonyl (C=O) groups is 2. The quantitative estimate of drug-likeness (QED) is 0.631. The molecule has 1 aliphatic carbocycles. The molecule has 4 nitrogen and oxygen atoms in total. The van der Waals surface area contributed by atoms with Crippen LogP contribution in [0.2, 0.25) is 0 Å². The molecule has 0 unspecified atom stereocenters. The number of amides is 2. The molecule has 1 aromatic rings. The number of nitrogens with one attached hydrogen (secondary N) is 1. The van der Waals surface area contributed by atoms with Gasteiger partial charge in [-0.15, -0.1) is 0 Å². The van der Waals surface area contributed by atoms with Crippen LogP contribution in [-0.4, -0.2) is 18.4 Å². The lowest BCUT2D eigenvalue weighted by Crippen LogP contribution is -2.31. The lowest BCUT2D eigenvalue weighted by Gasteiger charge is -2.21. The number of allylic oxidation sites excluding steroid dienone is 2. The Balaban J connectivity index is 1.70. The number of hydrogen-bond donors (Lipinski definition) is 1. The first-order chi connectivity index (χ1) is 10.3. The molecule has 1 aromatic carbocycles. The molecule has 1 fully saturated rings. The van der Waals surface area contributed by atoms with Crippen molar-refractivity contribution in [1.82, 2.24) is 5.32 Å². The van der Waals surface area contributed by atoms with Crippen molar-refractivity contribution in [2.75, 3.05) is 11.4 Å². The third kappa shape index (κ3) is 1.94. The molecule has 0 radical (unpaired) electrons. The predicted molar refractivity (Wildman–Crippen MR) is 79.7 cm³/mol. The van der Waals surface area contributed by atoms with Gasteiger partial charge in [0.2, 0.25) is 11.8 Å². The first kappa shape index (κ1) is 12.8. The zero-order valence-corrected chi connectivity index (χ0v) is 11.8. The normalized spacial score (nSPS) is 27.7. The third-order valence-electron chi connectivity index (χ3n) is 4.84. The minimum absolute atomic E-state index is 0.0296. The second-order valence-electron chi connectivity index (χ2n) is 6.05. The summed E-state index contributed by atoms with van der Waals surface area (Å²) in [4.78, 5) is 26.6. The van der Waals surface area contributed by atoms with E-state index < -0.39 is 0 Å². The van der Waals surface area contributed by atoms with E-state index >= 15 is 0 Å². The van der Waals surface area contributed by atoms with Gasteiger partial charge < -0.3 is 5.32 Å². The van der Waals surface area contributed by atoms with Crippen molar-refractivity contribution >= 4 is 17.5 Å². The van der Waals surface area contributed by atoms with Gasteiger partial charge in [-0.25, -0.2) is 0 Å². The maximum atomic E-state index is 12.6. The topological polar surface area (TPSA) is 49.4 Å². The number of imide groups is 1. The van der Waals surface area contributed by atoms with Gasteiger partial charge in [0, 0.05) is 6.54 Å². The molecular formula is C17H18N2O2. The van der Waals surface area contributed by atoms with Gasteiger partial charge in [-0.05, 0) is 49.1 Å². The van der Waals surface area contributed by atoms with Gasteiger partial charge in [-0.3, -0.25) is 14.5 Å². The van der Waals surface area contributed by atoms with Crippen LogP contribution in [0.15, 0.2) is 30.4 Å². The fraction of sp³-hybridized carbons (Fsp3) is 0.412. The Kier molecular flexibility index (Phi) is 2.93. The van der Waals surface area contributed by atoms with Crippen molar-refractivity contribution in [3.63, 3.8) is 0 Å². The summed E-state index contributed by atoms with van der Waals surface area (Å²) in [5.74, 6) is -0.371. The number of carbonyl (C=O) groups excluding carboxylic acids is 2. The largest absolute Gasteiger partial charge is 0.312 e. The van der Waals surface area contributed by atoms with E-state index in [1.165, 1.54) is 16.0 Å². The van der Waals surface area contributed by atoms with Gasteiger partial charge in [0.25, 0.3) is 0 Å². The monoisotopic (exact) mass is 282 g/mol. The van der Waals surface area contributed by atoms with E-state index in [1.807, 2.05) is 24.3 Å². The Morgan fingerprint density at radius 3 is 2.43 bits per heavy atom. The van der Waals surface area contributed by atoms with Crippen molar-refractivity contribution in [1.29, 1.82) is 0 Å². The minimum Gasteiger partial charge on any atom is -0.312 e. The highest BCUT2D eigenvalue weighted by atomic mass is 16.2. The van der Waals surface area contributed by atoms with Crippen LogP contribution in [0.3, 0.4) is 0 Å². The summed E-state index contributed by atoms with van der Waals surface area (Å²) in [5.41, 5.74) is 3.25. The highest BCUT2D eigenvalue weighted by molar-refractivity contribution is 6.22. The number of fused-ring (bicyclic) bond motifs is 2. The molecule has 108 valence electrons. The van der Waals surface area contributed by atoms with Crippen LogP contribution in [0.1, 0.15) is 24.0 Å². The van der Waals surface area contributed by atoms with Crippen LogP contribution in [0.25, 0.3) is 0 Å². The van der Waals surface area contributed by atoms with Crippen LogP contribution in [0.5, 0.6) is 0 Å². The summed E-state index contributed by atoms with van der Waals surface area (Å²) < 4.78 is 0. The predicted octanol–water partition coefficient (Wildman–Crippen LogP) is 1.79. The molecule has 4 heteroatoms. The zero-order chi connectivity index (χ0) is 14.4. The maximum Gasteiger partial charge on any atom is 0.238 e. The Hall–Kier alpha value is -1.94. The molecule has 2 aliphatic heterocycles. The first-order valence-electron chi connectivity index (χ1n) is 7.61. The number of anilines is 1. The van der Waals surface area contributed by atoms with Crippen molar-refractivity contribution in [3.8, 4) is 0 Å². The van der Waals surface area contributed by atoms with E-state index in [1.54, 1.807) is 0 Å². The maximum absolute atomic E-state index is 12.6. The molecule has 2 heterocycles. The highest BCUT2D eigenvalue weighted by Gasteiger charge is 2.47. The molecule has 0 aromatic heterocycles. The molecule has 2 amide bonds. The lowest BCUT2D eigenvalue weighted by atomic mass is 9.85. The van der Waals surface area contributed by atoms with E-state index in [0.717, 1.165) is 25.2 Å². The fourth-order valence-corrected chi connectivity index (χ4v) is 3.66. The second-order valence-corrected chi connectivity index (χ2v) is 6.05. The van der Waals surface area contributed by atoms with E-state index in [0.29, 0.717) is 12.8 Å². The van der Waals surface area contributed by atoms with Crippen molar-refractivity contribution < 1.29 is 9.59 Å². The Labute approximate surface area is 123 Å². The fourth-order valence-electron chi connectivity index (χ4n) is 3.66. The number of hydrogen-bond acceptors (Lipinski definition) is 3. The van der Waals surface area contributed by atoms with E-state index in [9.17, 15) is 9.59 Å². The van der Waals surface area contributed by atoms with Gasteiger partial charge in [-0.2, -0.15) is 0 Å². The third-order valence-corrected chi connectivity index (χ3v) is 4.84. The number of benzene rings is 1. The molecule has 2 atom stereocenters. The highest BCUT2D eigenvalue weighted by Crippen LogP contribution is 2.38. The first-order valence-corrected chi connectivity index (χ1v) is 7.61. The van der Waals surface area contributed by atoms with Crippen LogP contribution in [0, 0.1) is 11.8 Å². The average Bonchev–Trinajstić information content (AvgIpc) is 2.79. The van der Waals surface area contributed by atoms with Crippen molar-refractivity contribution in [2.45, 2.75) is 25.8 Å². The second kappa shape index (κ2) is 4.81.